The van der Waals surface area contributed by atoms with Crippen LogP contribution in [0.3, 0.4) is 0 Å². The molecule has 1 aromatic rings. The largest absolute Gasteiger partial charge is 0.383 e. The number of nitrogen functional groups attached to an aromatic ring is 1. The van der Waals surface area contributed by atoms with E-state index < -0.39 is 11.2 Å². The van der Waals surface area contributed by atoms with E-state index in [9.17, 15) is 9.59 Å². The lowest BCUT2D eigenvalue weighted by Gasteiger charge is -2.16. The van der Waals surface area contributed by atoms with Gasteiger partial charge < -0.3 is 11.1 Å². The van der Waals surface area contributed by atoms with Crippen molar-refractivity contribution in [2.75, 3.05) is 11.1 Å². The van der Waals surface area contributed by atoms with Gasteiger partial charge in [0.2, 0.25) is 0 Å². The van der Waals surface area contributed by atoms with Gasteiger partial charge in [0, 0.05) is 13.1 Å². The van der Waals surface area contributed by atoms with Gasteiger partial charge in [-0.05, 0) is 13.3 Å². The molecule has 0 fully saturated rings. The Labute approximate surface area is 93.5 Å². The Balaban J connectivity index is 3.10. The molecule has 90 valence electrons. The first-order chi connectivity index (χ1) is 7.47. The van der Waals surface area contributed by atoms with Gasteiger partial charge in [0.1, 0.15) is 11.5 Å². The van der Waals surface area contributed by atoms with Gasteiger partial charge in [-0.3, -0.25) is 14.3 Å². The summed E-state index contributed by atoms with van der Waals surface area (Å²) < 4.78 is 1.21. The van der Waals surface area contributed by atoms with Crippen LogP contribution in [0.25, 0.3) is 0 Å². The highest BCUT2D eigenvalue weighted by Gasteiger charge is 2.11. The lowest BCUT2D eigenvalue weighted by molar-refractivity contribution is 0.686. The second-order valence-electron chi connectivity index (χ2n) is 3.91. The number of hydrogen-bond acceptors (Lipinski definition) is 4. The fourth-order valence-electron chi connectivity index (χ4n) is 1.53. The van der Waals surface area contributed by atoms with Crippen LogP contribution in [-0.2, 0) is 7.05 Å². The van der Waals surface area contributed by atoms with E-state index in [0.29, 0.717) is 0 Å². The minimum absolute atomic E-state index is 0.144. The molecule has 0 bridgehead atoms. The maximum atomic E-state index is 11.5. The fraction of sp³-hybridized carbons (Fsp3) is 0.600. The summed E-state index contributed by atoms with van der Waals surface area (Å²) in [6, 6.07) is 0.144. The van der Waals surface area contributed by atoms with E-state index in [2.05, 4.69) is 17.2 Å². The predicted molar refractivity (Wildman–Crippen MR) is 64.7 cm³/mol. The summed E-state index contributed by atoms with van der Waals surface area (Å²) in [4.78, 5) is 25.0. The molecule has 1 heterocycles. The van der Waals surface area contributed by atoms with Crippen LogP contribution in [0.15, 0.2) is 9.59 Å². The van der Waals surface area contributed by atoms with Crippen molar-refractivity contribution in [1.82, 2.24) is 9.55 Å². The van der Waals surface area contributed by atoms with Gasteiger partial charge in [-0.15, -0.1) is 0 Å². The lowest BCUT2D eigenvalue weighted by Crippen LogP contribution is -2.34. The maximum absolute atomic E-state index is 11.5. The molecule has 16 heavy (non-hydrogen) atoms. The monoisotopic (exact) mass is 226 g/mol. The number of nitrogens with one attached hydrogen (secondary N) is 2. The molecule has 0 aliphatic heterocycles. The fourth-order valence-corrected chi connectivity index (χ4v) is 1.53. The molecular weight excluding hydrogens is 208 g/mol. The summed E-state index contributed by atoms with van der Waals surface area (Å²) in [6.07, 6.45) is 1.94. The Bertz CT molecular complexity index is 475. The molecule has 0 spiro atoms. The number of aromatic amines is 1. The molecule has 0 saturated heterocycles. The lowest BCUT2D eigenvalue weighted by atomic mass is 10.2. The Morgan fingerprint density at radius 2 is 2.12 bits per heavy atom. The number of aromatic nitrogens is 2. The average Bonchev–Trinajstić information content (AvgIpc) is 2.22. The van der Waals surface area contributed by atoms with Crippen LogP contribution in [0.4, 0.5) is 11.5 Å². The Hall–Kier alpha value is -1.72. The van der Waals surface area contributed by atoms with Crippen LogP contribution in [0.5, 0.6) is 0 Å². The molecular formula is C10H18N4O2. The molecule has 0 aliphatic rings. The number of anilines is 2. The van der Waals surface area contributed by atoms with Gasteiger partial charge in [-0.1, -0.05) is 13.3 Å². The zero-order valence-corrected chi connectivity index (χ0v) is 9.83. The molecule has 0 saturated carbocycles. The number of rotatable bonds is 4. The van der Waals surface area contributed by atoms with Crippen molar-refractivity contribution in [2.24, 2.45) is 7.05 Å². The van der Waals surface area contributed by atoms with Crippen LogP contribution >= 0.6 is 0 Å². The van der Waals surface area contributed by atoms with Gasteiger partial charge >= 0.3 is 5.69 Å². The minimum atomic E-state index is -0.504. The molecule has 0 aromatic carbocycles. The van der Waals surface area contributed by atoms with E-state index in [0.717, 1.165) is 12.8 Å². The van der Waals surface area contributed by atoms with E-state index in [1.807, 2.05) is 6.92 Å². The van der Waals surface area contributed by atoms with E-state index in [4.69, 9.17) is 5.73 Å². The van der Waals surface area contributed by atoms with Crippen LogP contribution < -0.4 is 22.3 Å². The zero-order valence-electron chi connectivity index (χ0n) is 9.83. The smallest absolute Gasteiger partial charge is 0.329 e. The Morgan fingerprint density at radius 1 is 1.50 bits per heavy atom. The van der Waals surface area contributed by atoms with Gasteiger partial charge in [0.25, 0.3) is 5.56 Å². The third-order valence-corrected chi connectivity index (χ3v) is 2.48. The normalized spacial score (nSPS) is 12.4. The van der Waals surface area contributed by atoms with Gasteiger partial charge in [0.15, 0.2) is 0 Å². The second-order valence-corrected chi connectivity index (χ2v) is 3.91. The molecule has 6 heteroatoms. The summed E-state index contributed by atoms with van der Waals surface area (Å²) in [5.41, 5.74) is 5.00. The van der Waals surface area contributed by atoms with Gasteiger partial charge in [-0.25, -0.2) is 4.79 Å². The first-order valence-corrected chi connectivity index (χ1v) is 5.32. The molecule has 1 aromatic heterocycles. The van der Waals surface area contributed by atoms with Crippen molar-refractivity contribution in [3.05, 3.63) is 20.8 Å². The van der Waals surface area contributed by atoms with Crippen molar-refractivity contribution in [2.45, 2.75) is 32.7 Å². The summed E-state index contributed by atoms with van der Waals surface area (Å²) in [6.45, 7) is 4.03. The highest BCUT2D eigenvalue weighted by molar-refractivity contribution is 5.60. The third kappa shape index (κ3) is 2.44. The Kier molecular flexibility index (Phi) is 3.76. The first kappa shape index (κ1) is 12.4. The number of hydrogen-bond donors (Lipinski definition) is 3. The van der Waals surface area contributed by atoms with E-state index >= 15 is 0 Å². The van der Waals surface area contributed by atoms with Crippen molar-refractivity contribution < 1.29 is 0 Å². The molecule has 1 atom stereocenters. The van der Waals surface area contributed by atoms with Crippen LogP contribution in [0, 0.1) is 0 Å². The first-order valence-electron chi connectivity index (χ1n) is 5.32. The predicted octanol–water partition coefficient (Wildman–Crippen LogP) is 0.256. The number of nitrogens with zero attached hydrogens (tertiary/aromatic N) is 1. The standard InChI is InChI=1S/C10H18N4O2/c1-4-5-6(2)12-7-8(11)14(3)10(16)13-9(7)15/h6,12H,4-5,11H2,1-3H3,(H,13,15,16). The van der Waals surface area contributed by atoms with Crippen molar-refractivity contribution in [1.29, 1.82) is 0 Å². The van der Waals surface area contributed by atoms with Gasteiger partial charge in [-0.2, -0.15) is 0 Å². The number of H-pyrrole nitrogens is 1. The maximum Gasteiger partial charge on any atom is 0.329 e. The van der Waals surface area contributed by atoms with E-state index in [-0.39, 0.29) is 17.5 Å². The van der Waals surface area contributed by atoms with Crippen LogP contribution in [0.1, 0.15) is 26.7 Å². The Morgan fingerprint density at radius 3 is 2.69 bits per heavy atom. The quantitative estimate of drug-likeness (QED) is 0.686. The second kappa shape index (κ2) is 4.87. The zero-order chi connectivity index (χ0) is 12.3. The highest BCUT2D eigenvalue weighted by Crippen LogP contribution is 2.11. The summed E-state index contributed by atoms with van der Waals surface area (Å²) >= 11 is 0. The van der Waals surface area contributed by atoms with E-state index in [1.54, 1.807) is 0 Å². The molecule has 0 radical (unpaired) electrons. The van der Waals surface area contributed by atoms with Crippen molar-refractivity contribution in [3.8, 4) is 0 Å². The molecule has 0 amide bonds. The summed E-state index contributed by atoms with van der Waals surface area (Å²) in [5, 5.41) is 3.02. The SMILES string of the molecule is CCCC(C)Nc1c(N)n(C)c(=O)[nH]c1=O. The summed E-state index contributed by atoms with van der Waals surface area (Å²) in [5.74, 6) is 0.164. The van der Waals surface area contributed by atoms with Crippen LogP contribution in [-0.4, -0.2) is 15.6 Å². The van der Waals surface area contributed by atoms with Crippen molar-refractivity contribution in [3.63, 3.8) is 0 Å². The highest BCUT2D eigenvalue weighted by atomic mass is 16.2. The third-order valence-electron chi connectivity index (χ3n) is 2.48. The molecule has 0 aliphatic carbocycles. The van der Waals surface area contributed by atoms with Crippen LogP contribution in [0.2, 0.25) is 0 Å². The molecule has 1 unspecified atom stereocenters. The molecule has 1 rings (SSSR count). The number of nitrogens with two attached hydrogens (primary N) is 1. The van der Waals surface area contributed by atoms with E-state index in [1.165, 1.54) is 11.6 Å². The molecule has 6 nitrogen and oxygen atoms in total. The summed E-state index contributed by atoms with van der Waals surface area (Å²) in [7, 11) is 1.52. The van der Waals surface area contributed by atoms with Crippen molar-refractivity contribution >= 4 is 11.5 Å². The molecule has 4 N–H and O–H groups in total. The minimum Gasteiger partial charge on any atom is -0.383 e. The average molecular weight is 226 g/mol. The van der Waals surface area contributed by atoms with Gasteiger partial charge in [0.05, 0.1) is 0 Å². The topological polar surface area (TPSA) is 92.9 Å².